The van der Waals surface area contributed by atoms with E-state index in [1.165, 1.54) is 0 Å². The van der Waals surface area contributed by atoms with Crippen LogP contribution in [0.25, 0.3) is 16.8 Å². The monoisotopic (exact) mass is 344 g/mol. The van der Waals surface area contributed by atoms with Crippen LogP contribution < -0.4 is 11.1 Å². The van der Waals surface area contributed by atoms with Crippen LogP contribution in [0, 0.1) is 0 Å². The van der Waals surface area contributed by atoms with E-state index in [9.17, 15) is 5.11 Å². The second-order valence-corrected chi connectivity index (χ2v) is 6.11. The number of phenolic OH excluding ortho intramolecular Hbond substituents is 1. The fraction of sp³-hybridized carbons (Fsp3) is 0.278. The van der Waals surface area contributed by atoms with Crippen LogP contribution in [-0.2, 0) is 6.54 Å². The number of phenols is 1. The van der Waals surface area contributed by atoms with Gasteiger partial charge in [-0.25, -0.2) is 4.98 Å². The number of pyridine rings is 1. The molecule has 2 aromatic heterocycles. The standard InChI is InChI=1S/C18H21ClN4O/c1-2-3-6-21-17-14(10-20)15(11-23-8-7-22-18(17)23)13-5-4-12(24)9-16(13)19/h4-5,7-9,11,21,24H,2-3,6,10,20H2,1H3. The Morgan fingerprint density at radius 2 is 2.17 bits per heavy atom. The van der Waals surface area contributed by atoms with Crippen molar-refractivity contribution < 1.29 is 5.11 Å². The number of hydrogen-bond donors (Lipinski definition) is 3. The van der Waals surface area contributed by atoms with Gasteiger partial charge in [-0.2, -0.15) is 0 Å². The predicted molar refractivity (Wildman–Crippen MR) is 98.6 cm³/mol. The lowest BCUT2D eigenvalue weighted by atomic mass is 10.00. The molecule has 0 aliphatic rings. The Labute approximate surface area is 146 Å². The zero-order valence-corrected chi connectivity index (χ0v) is 14.3. The highest BCUT2D eigenvalue weighted by molar-refractivity contribution is 6.33. The van der Waals surface area contributed by atoms with Gasteiger partial charge >= 0.3 is 0 Å². The smallest absolute Gasteiger partial charge is 0.160 e. The first-order valence-electron chi connectivity index (χ1n) is 8.07. The van der Waals surface area contributed by atoms with Crippen LogP contribution in [0.4, 0.5) is 5.69 Å². The van der Waals surface area contributed by atoms with Crippen molar-refractivity contribution in [3.8, 4) is 16.9 Å². The zero-order valence-electron chi connectivity index (χ0n) is 13.6. The largest absolute Gasteiger partial charge is 0.508 e. The molecule has 0 saturated carbocycles. The summed E-state index contributed by atoms with van der Waals surface area (Å²) in [5.41, 5.74) is 10.6. The molecule has 126 valence electrons. The van der Waals surface area contributed by atoms with Gasteiger partial charge in [0.1, 0.15) is 5.75 Å². The van der Waals surface area contributed by atoms with Gasteiger partial charge in [-0.1, -0.05) is 24.9 Å². The van der Waals surface area contributed by atoms with Crippen LogP contribution in [-0.4, -0.2) is 21.0 Å². The highest BCUT2D eigenvalue weighted by atomic mass is 35.5. The molecule has 24 heavy (non-hydrogen) atoms. The topological polar surface area (TPSA) is 75.6 Å². The summed E-state index contributed by atoms with van der Waals surface area (Å²) in [5.74, 6) is 0.142. The number of nitrogens with one attached hydrogen (secondary N) is 1. The number of hydrogen-bond acceptors (Lipinski definition) is 4. The van der Waals surface area contributed by atoms with Gasteiger partial charge in [-0.05, 0) is 24.6 Å². The van der Waals surface area contributed by atoms with Crippen molar-refractivity contribution in [3.63, 3.8) is 0 Å². The van der Waals surface area contributed by atoms with E-state index >= 15 is 0 Å². The number of fused-ring (bicyclic) bond motifs is 1. The average Bonchev–Trinajstić information content (AvgIpc) is 3.03. The molecule has 0 atom stereocenters. The number of aromatic hydroxyl groups is 1. The van der Waals surface area contributed by atoms with Crippen molar-refractivity contribution in [3.05, 3.63) is 47.4 Å². The van der Waals surface area contributed by atoms with E-state index in [2.05, 4.69) is 17.2 Å². The van der Waals surface area contributed by atoms with Crippen molar-refractivity contribution in [2.24, 2.45) is 5.73 Å². The first-order valence-corrected chi connectivity index (χ1v) is 8.44. The summed E-state index contributed by atoms with van der Waals surface area (Å²) in [6.45, 7) is 3.38. The molecule has 1 aromatic carbocycles. The Bertz CT molecular complexity index is 860. The second-order valence-electron chi connectivity index (χ2n) is 5.70. The van der Waals surface area contributed by atoms with Gasteiger partial charge in [0.15, 0.2) is 5.65 Å². The summed E-state index contributed by atoms with van der Waals surface area (Å²) in [6.07, 6.45) is 7.83. The maximum absolute atomic E-state index is 9.61. The minimum atomic E-state index is 0.142. The average molecular weight is 345 g/mol. The number of unbranched alkanes of at least 4 members (excludes halogenated alkanes) is 1. The summed E-state index contributed by atoms with van der Waals surface area (Å²) in [7, 11) is 0. The van der Waals surface area contributed by atoms with Crippen LogP contribution in [0.15, 0.2) is 36.8 Å². The third-order valence-corrected chi connectivity index (χ3v) is 4.38. The first-order chi connectivity index (χ1) is 11.7. The van der Waals surface area contributed by atoms with Crippen molar-refractivity contribution in [2.75, 3.05) is 11.9 Å². The molecular weight excluding hydrogens is 324 g/mol. The Kier molecular flexibility index (Phi) is 4.92. The predicted octanol–water partition coefficient (Wildman–Crippen LogP) is 4.03. The maximum Gasteiger partial charge on any atom is 0.160 e. The number of imidazole rings is 1. The molecule has 0 unspecified atom stereocenters. The molecule has 0 saturated heterocycles. The molecule has 5 nitrogen and oxygen atoms in total. The first kappa shape index (κ1) is 16.6. The summed E-state index contributed by atoms with van der Waals surface area (Å²) < 4.78 is 1.96. The quantitative estimate of drug-likeness (QED) is 0.590. The van der Waals surface area contributed by atoms with Crippen LogP contribution in [0.3, 0.4) is 0 Å². The lowest BCUT2D eigenvalue weighted by Gasteiger charge is -2.18. The van der Waals surface area contributed by atoms with Crippen LogP contribution in [0.1, 0.15) is 25.3 Å². The Balaban J connectivity index is 2.19. The van der Waals surface area contributed by atoms with Gasteiger partial charge in [0.2, 0.25) is 0 Å². The van der Waals surface area contributed by atoms with E-state index < -0.39 is 0 Å². The molecule has 6 heteroatoms. The molecule has 2 heterocycles. The van der Waals surface area contributed by atoms with E-state index in [-0.39, 0.29) is 5.75 Å². The molecule has 0 fully saturated rings. The fourth-order valence-electron chi connectivity index (χ4n) is 2.84. The van der Waals surface area contributed by atoms with Crippen molar-refractivity contribution >= 4 is 22.9 Å². The van der Waals surface area contributed by atoms with E-state index in [0.29, 0.717) is 11.6 Å². The lowest BCUT2D eigenvalue weighted by Crippen LogP contribution is -2.11. The number of rotatable bonds is 6. The molecule has 0 spiro atoms. The summed E-state index contributed by atoms with van der Waals surface area (Å²) in [5, 5.41) is 13.6. The zero-order chi connectivity index (χ0) is 17.1. The Morgan fingerprint density at radius 1 is 1.33 bits per heavy atom. The molecule has 3 rings (SSSR count). The van der Waals surface area contributed by atoms with E-state index in [1.807, 2.05) is 22.9 Å². The van der Waals surface area contributed by atoms with Crippen LogP contribution in [0.5, 0.6) is 5.75 Å². The van der Waals surface area contributed by atoms with E-state index in [4.69, 9.17) is 17.3 Å². The van der Waals surface area contributed by atoms with Gasteiger partial charge in [-0.15, -0.1) is 0 Å². The molecular formula is C18H21ClN4O. The normalized spacial score (nSPS) is 11.1. The van der Waals surface area contributed by atoms with E-state index in [1.54, 1.807) is 18.3 Å². The summed E-state index contributed by atoms with van der Waals surface area (Å²) in [6, 6.07) is 4.98. The minimum absolute atomic E-state index is 0.142. The van der Waals surface area contributed by atoms with Gasteiger partial charge in [0.25, 0.3) is 0 Å². The van der Waals surface area contributed by atoms with Crippen LogP contribution >= 0.6 is 11.6 Å². The Morgan fingerprint density at radius 3 is 2.88 bits per heavy atom. The third-order valence-electron chi connectivity index (χ3n) is 4.07. The van der Waals surface area contributed by atoms with Crippen molar-refractivity contribution in [2.45, 2.75) is 26.3 Å². The maximum atomic E-state index is 9.61. The van der Waals surface area contributed by atoms with Gasteiger partial charge in [-0.3, -0.25) is 0 Å². The molecule has 3 aromatic rings. The number of benzene rings is 1. The highest BCUT2D eigenvalue weighted by Crippen LogP contribution is 2.37. The molecule has 4 N–H and O–H groups in total. The number of anilines is 1. The molecule has 0 amide bonds. The number of halogens is 1. The van der Waals surface area contributed by atoms with Gasteiger partial charge in [0, 0.05) is 48.4 Å². The van der Waals surface area contributed by atoms with Crippen LogP contribution in [0.2, 0.25) is 5.02 Å². The third kappa shape index (κ3) is 3.05. The molecule has 0 aliphatic carbocycles. The van der Waals surface area contributed by atoms with Crippen molar-refractivity contribution in [1.82, 2.24) is 9.38 Å². The number of nitrogens with two attached hydrogens (primary N) is 1. The minimum Gasteiger partial charge on any atom is -0.508 e. The van der Waals surface area contributed by atoms with Crippen molar-refractivity contribution in [1.29, 1.82) is 0 Å². The molecule has 0 radical (unpaired) electrons. The highest BCUT2D eigenvalue weighted by Gasteiger charge is 2.17. The molecule has 0 bridgehead atoms. The fourth-order valence-corrected chi connectivity index (χ4v) is 3.12. The summed E-state index contributed by atoms with van der Waals surface area (Å²) in [4.78, 5) is 4.45. The summed E-state index contributed by atoms with van der Waals surface area (Å²) >= 11 is 6.35. The SMILES string of the molecule is CCCCNc1c(CN)c(-c2ccc(O)cc2Cl)cn2ccnc12. The second kappa shape index (κ2) is 7.11. The Hall–Kier alpha value is -2.24. The lowest BCUT2D eigenvalue weighted by molar-refractivity contribution is 0.475. The number of nitrogens with zero attached hydrogens (tertiary/aromatic N) is 2. The van der Waals surface area contributed by atoms with Gasteiger partial charge < -0.3 is 20.6 Å². The van der Waals surface area contributed by atoms with Gasteiger partial charge in [0.05, 0.1) is 10.7 Å². The van der Waals surface area contributed by atoms with E-state index in [0.717, 1.165) is 47.4 Å². The number of aromatic nitrogens is 2. The molecule has 0 aliphatic heterocycles.